The molecule has 1 aliphatic heterocycles. The number of nitrogens with zero attached hydrogens (tertiary/aromatic N) is 3. The molecule has 0 spiro atoms. The maximum atomic E-state index is 11.7. The van der Waals surface area contributed by atoms with Gasteiger partial charge in [0.05, 0.1) is 22.6 Å². The van der Waals surface area contributed by atoms with Gasteiger partial charge in [-0.25, -0.2) is 9.48 Å². The second kappa shape index (κ2) is 6.31. The van der Waals surface area contributed by atoms with Crippen molar-refractivity contribution in [1.82, 2.24) is 14.7 Å². The molecule has 0 unspecified atom stereocenters. The standard InChI is InChI=1S/C20H20N4O2/c1-23-11-10-18-16(12-23)19(13-6-8-14(21)9-7-13)22-24(18)17-5-3-2-4-15(17)20(25)26/h2-9H,10-12,21H2,1H3,(H,25,26). The zero-order valence-corrected chi connectivity index (χ0v) is 14.5. The molecule has 132 valence electrons. The lowest BCUT2D eigenvalue weighted by Gasteiger charge is -2.24. The Morgan fingerprint density at radius 2 is 1.88 bits per heavy atom. The van der Waals surface area contributed by atoms with Crippen LogP contribution in [0, 0.1) is 0 Å². The number of carbonyl (C=O) groups is 1. The molecule has 0 aliphatic carbocycles. The Bertz CT molecular complexity index is 976. The molecule has 1 aromatic heterocycles. The summed E-state index contributed by atoms with van der Waals surface area (Å²) in [5.74, 6) is -0.952. The lowest BCUT2D eigenvalue weighted by atomic mass is 10.0. The van der Waals surface area contributed by atoms with Gasteiger partial charge in [0.1, 0.15) is 0 Å². The van der Waals surface area contributed by atoms with Crippen molar-refractivity contribution in [1.29, 1.82) is 0 Å². The number of aromatic nitrogens is 2. The quantitative estimate of drug-likeness (QED) is 0.711. The van der Waals surface area contributed by atoms with E-state index in [1.54, 1.807) is 16.8 Å². The SMILES string of the molecule is CN1CCc2c(c(-c3ccc(N)cc3)nn2-c2ccccc2C(=O)O)C1. The van der Waals surface area contributed by atoms with Gasteiger partial charge in [0.2, 0.25) is 0 Å². The number of carboxylic acid groups (broad SMARTS) is 1. The van der Waals surface area contributed by atoms with E-state index in [4.69, 9.17) is 10.8 Å². The third kappa shape index (κ3) is 2.74. The number of hydrogen-bond acceptors (Lipinski definition) is 4. The first-order valence-corrected chi connectivity index (χ1v) is 8.52. The molecule has 0 amide bonds. The van der Waals surface area contributed by atoms with Gasteiger partial charge in [0, 0.05) is 36.3 Å². The average Bonchev–Trinajstić information content (AvgIpc) is 3.01. The summed E-state index contributed by atoms with van der Waals surface area (Å²) in [6.07, 6.45) is 0.821. The largest absolute Gasteiger partial charge is 0.478 e. The summed E-state index contributed by atoms with van der Waals surface area (Å²) in [6.45, 7) is 1.69. The van der Waals surface area contributed by atoms with Gasteiger partial charge in [-0.05, 0) is 31.3 Å². The van der Waals surface area contributed by atoms with Crippen molar-refractivity contribution in [2.24, 2.45) is 0 Å². The molecule has 0 saturated carbocycles. The molecular formula is C20H20N4O2. The molecule has 2 aromatic carbocycles. The number of nitrogens with two attached hydrogens (primary N) is 1. The van der Waals surface area contributed by atoms with Crippen molar-refractivity contribution in [3.8, 4) is 16.9 Å². The molecule has 0 fully saturated rings. The van der Waals surface area contributed by atoms with E-state index in [2.05, 4.69) is 11.9 Å². The third-order valence-corrected chi connectivity index (χ3v) is 4.79. The molecular weight excluding hydrogens is 328 g/mol. The normalized spacial score (nSPS) is 14.2. The first kappa shape index (κ1) is 16.4. The van der Waals surface area contributed by atoms with Crippen molar-refractivity contribution in [2.75, 3.05) is 19.3 Å². The van der Waals surface area contributed by atoms with Gasteiger partial charge < -0.3 is 15.7 Å². The van der Waals surface area contributed by atoms with Crippen LogP contribution in [-0.4, -0.2) is 39.3 Å². The minimum absolute atomic E-state index is 0.251. The van der Waals surface area contributed by atoms with E-state index in [1.165, 1.54) is 0 Å². The number of likely N-dealkylation sites (N-methyl/N-ethyl adjacent to an activating group) is 1. The predicted octanol–water partition coefficient (Wildman–Crippen LogP) is 2.81. The summed E-state index contributed by atoms with van der Waals surface area (Å²) < 4.78 is 1.80. The highest BCUT2D eigenvalue weighted by Gasteiger charge is 2.26. The fraction of sp³-hybridized carbons (Fsp3) is 0.200. The highest BCUT2D eigenvalue weighted by molar-refractivity contribution is 5.92. The number of benzene rings is 2. The average molecular weight is 348 g/mol. The van der Waals surface area contributed by atoms with Gasteiger partial charge >= 0.3 is 5.97 Å². The van der Waals surface area contributed by atoms with Crippen molar-refractivity contribution in [3.63, 3.8) is 0 Å². The number of carboxylic acids is 1. The maximum absolute atomic E-state index is 11.7. The monoisotopic (exact) mass is 348 g/mol. The summed E-state index contributed by atoms with van der Waals surface area (Å²) in [5.41, 5.74) is 11.4. The first-order chi connectivity index (χ1) is 12.5. The van der Waals surface area contributed by atoms with Crippen LogP contribution >= 0.6 is 0 Å². The molecule has 26 heavy (non-hydrogen) atoms. The number of anilines is 1. The van der Waals surface area contributed by atoms with E-state index in [1.807, 2.05) is 36.4 Å². The Morgan fingerprint density at radius 1 is 1.15 bits per heavy atom. The van der Waals surface area contributed by atoms with Gasteiger partial charge in [-0.3, -0.25) is 0 Å². The number of rotatable bonds is 3. The molecule has 3 aromatic rings. The number of aromatic carboxylic acids is 1. The van der Waals surface area contributed by atoms with E-state index in [-0.39, 0.29) is 5.56 Å². The van der Waals surface area contributed by atoms with E-state index < -0.39 is 5.97 Å². The number of fused-ring (bicyclic) bond motifs is 1. The molecule has 2 heterocycles. The van der Waals surface area contributed by atoms with E-state index in [0.717, 1.165) is 42.0 Å². The van der Waals surface area contributed by atoms with E-state index in [0.29, 0.717) is 11.4 Å². The third-order valence-electron chi connectivity index (χ3n) is 4.79. The number of para-hydroxylation sites is 1. The zero-order chi connectivity index (χ0) is 18.3. The van der Waals surface area contributed by atoms with Crippen LogP contribution in [0.15, 0.2) is 48.5 Å². The van der Waals surface area contributed by atoms with Crippen LogP contribution in [0.4, 0.5) is 5.69 Å². The predicted molar refractivity (Wildman–Crippen MR) is 100 cm³/mol. The molecule has 6 nitrogen and oxygen atoms in total. The van der Waals surface area contributed by atoms with E-state index >= 15 is 0 Å². The molecule has 1 aliphatic rings. The van der Waals surface area contributed by atoms with Crippen molar-refractivity contribution in [2.45, 2.75) is 13.0 Å². The smallest absolute Gasteiger partial charge is 0.337 e. The topological polar surface area (TPSA) is 84.4 Å². The van der Waals surface area contributed by atoms with Gasteiger partial charge in [-0.2, -0.15) is 5.10 Å². The molecule has 4 rings (SSSR count). The minimum Gasteiger partial charge on any atom is -0.478 e. The summed E-state index contributed by atoms with van der Waals surface area (Å²) in [4.78, 5) is 13.9. The highest BCUT2D eigenvalue weighted by Crippen LogP contribution is 2.32. The Kier molecular flexibility index (Phi) is 3.97. The molecule has 0 atom stereocenters. The fourth-order valence-electron chi connectivity index (χ4n) is 3.47. The molecule has 0 radical (unpaired) electrons. The van der Waals surface area contributed by atoms with Crippen molar-refractivity contribution in [3.05, 3.63) is 65.4 Å². The van der Waals surface area contributed by atoms with Gasteiger partial charge in [-0.1, -0.05) is 24.3 Å². The lowest BCUT2D eigenvalue weighted by molar-refractivity contribution is 0.0696. The van der Waals surface area contributed by atoms with Crippen LogP contribution in [0.25, 0.3) is 16.9 Å². The maximum Gasteiger partial charge on any atom is 0.337 e. The van der Waals surface area contributed by atoms with Crippen LogP contribution in [-0.2, 0) is 13.0 Å². The molecule has 6 heteroatoms. The van der Waals surface area contributed by atoms with Crippen LogP contribution < -0.4 is 5.73 Å². The second-order valence-corrected chi connectivity index (χ2v) is 6.62. The first-order valence-electron chi connectivity index (χ1n) is 8.52. The Morgan fingerprint density at radius 3 is 2.62 bits per heavy atom. The van der Waals surface area contributed by atoms with Crippen molar-refractivity contribution >= 4 is 11.7 Å². The molecule has 0 saturated heterocycles. The van der Waals surface area contributed by atoms with Crippen LogP contribution in [0.1, 0.15) is 21.6 Å². The molecule has 3 N–H and O–H groups in total. The Hall–Kier alpha value is -3.12. The lowest BCUT2D eigenvalue weighted by Crippen LogP contribution is -2.27. The minimum atomic E-state index is -0.952. The molecule has 0 bridgehead atoms. The summed E-state index contributed by atoms with van der Waals surface area (Å²) >= 11 is 0. The van der Waals surface area contributed by atoms with Gasteiger partial charge in [0.15, 0.2) is 0 Å². The van der Waals surface area contributed by atoms with Crippen LogP contribution in [0.3, 0.4) is 0 Å². The second-order valence-electron chi connectivity index (χ2n) is 6.62. The fourth-order valence-corrected chi connectivity index (χ4v) is 3.47. The number of nitrogen functional groups attached to an aromatic ring is 1. The number of hydrogen-bond donors (Lipinski definition) is 2. The highest BCUT2D eigenvalue weighted by atomic mass is 16.4. The Labute approximate surface area is 151 Å². The summed E-state index contributed by atoms with van der Waals surface area (Å²) in [5, 5.41) is 14.4. The van der Waals surface area contributed by atoms with Gasteiger partial charge in [0.25, 0.3) is 0 Å². The van der Waals surface area contributed by atoms with Crippen LogP contribution in [0.5, 0.6) is 0 Å². The zero-order valence-electron chi connectivity index (χ0n) is 14.5. The van der Waals surface area contributed by atoms with E-state index in [9.17, 15) is 9.90 Å². The van der Waals surface area contributed by atoms with Crippen LogP contribution in [0.2, 0.25) is 0 Å². The Balaban J connectivity index is 1.94. The summed E-state index contributed by atoms with van der Waals surface area (Å²) in [7, 11) is 2.08. The summed E-state index contributed by atoms with van der Waals surface area (Å²) in [6, 6.07) is 14.6. The van der Waals surface area contributed by atoms with Crippen molar-refractivity contribution < 1.29 is 9.90 Å². The van der Waals surface area contributed by atoms with Gasteiger partial charge in [-0.15, -0.1) is 0 Å².